The van der Waals surface area contributed by atoms with Crippen LogP contribution in [0.4, 0.5) is 4.39 Å². The number of nitrogens with zero attached hydrogens (tertiary/aromatic N) is 4. The Morgan fingerprint density at radius 1 is 1.61 bits per heavy atom. The van der Waals surface area contributed by atoms with Crippen LogP contribution in [0.2, 0.25) is 0 Å². The average Bonchev–Trinajstić information content (AvgIpc) is 3.22. The third kappa shape index (κ3) is 3.76. The topological polar surface area (TPSA) is 62.5 Å². The van der Waals surface area contributed by atoms with E-state index in [0.29, 0.717) is 31.7 Å². The first-order chi connectivity index (χ1) is 11.0. The van der Waals surface area contributed by atoms with Crippen LogP contribution in [0.1, 0.15) is 28.4 Å². The summed E-state index contributed by atoms with van der Waals surface area (Å²) in [5, 5.41) is 5.63. The van der Waals surface area contributed by atoms with Crippen molar-refractivity contribution >= 4 is 17.4 Å². The highest BCUT2D eigenvalue weighted by atomic mass is 32.1. The molecular formula is C15H19FN4O2S. The van der Waals surface area contributed by atoms with Crippen LogP contribution in [0.15, 0.2) is 22.0 Å². The Kier molecular flexibility index (Phi) is 4.72. The fourth-order valence-electron chi connectivity index (χ4n) is 2.91. The minimum absolute atomic E-state index is 0.0389. The second kappa shape index (κ2) is 6.76. The van der Waals surface area contributed by atoms with E-state index in [9.17, 15) is 9.18 Å². The molecule has 0 aliphatic carbocycles. The Morgan fingerprint density at radius 2 is 2.43 bits per heavy atom. The molecule has 23 heavy (non-hydrogen) atoms. The molecule has 124 valence electrons. The molecule has 1 aliphatic rings. The van der Waals surface area contributed by atoms with E-state index >= 15 is 0 Å². The molecule has 1 fully saturated rings. The summed E-state index contributed by atoms with van der Waals surface area (Å²) in [5.41, 5.74) is 1.24. The van der Waals surface area contributed by atoms with Crippen molar-refractivity contribution in [3.8, 4) is 0 Å². The van der Waals surface area contributed by atoms with Gasteiger partial charge in [-0.3, -0.25) is 9.69 Å². The highest BCUT2D eigenvalue weighted by Crippen LogP contribution is 2.24. The Labute approximate surface area is 138 Å². The Morgan fingerprint density at radius 3 is 3.09 bits per heavy atom. The number of likely N-dealkylation sites (N-methyl/N-ethyl adjacent to an activating group) is 1. The molecule has 0 unspecified atom stereocenters. The lowest BCUT2D eigenvalue weighted by molar-refractivity contribution is 0.0741. The number of halogens is 1. The first-order valence-electron chi connectivity index (χ1n) is 7.49. The molecule has 8 heteroatoms. The molecule has 3 rings (SSSR count). The van der Waals surface area contributed by atoms with Crippen molar-refractivity contribution in [2.45, 2.75) is 32.1 Å². The predicted molar refractivity (Wildman–Crippen MR) is 84.0 cm³/mol. The van der Waals surface area contributed by atoms with E-state index in [4.69, 9.17) is 4.52 Å². The summed E-state index contributed by atoms with van der Waals surface area (Å²) in [6.45, 7) is 3.17. The zero-order chi connectivity index (χ0) is 16.4. The number of aryl methyl sites for hydroxylation is 1. The molecule has 0 radical (unpaired) electrons. The summed E-state index contributed by atoms with van der Waals surface area (Å²) < 4.78 is 23.1. The van der Waals surface area contributed by atoms with Crippen LogP contribution in [-0.4, -0.2) is 57.6 Å². The minimum atomic E-state index is -0.883. The number of hydrogen-bond acceptors (Lipinski definition) is 6. The molecule has 3 heterocycles. The van der Waals surface area contributed by atoms with Gasteiger partial charge in [-0.25, -0.2) is 4.39 Å². The smallest absolute Gasteiger partial charge is 0.273 e. The number of alkyl halides is 1. The molecule has 0 aromatic carbocycles. The molecule has 2 aromatic rings. The van der Waals surface area contributed by atoms with Crippen molar-refractivity contribution in [1.82, 2.24) is 19.3 Å². The van der Waals surface area contributed by atoms with E-state index in [2.05, 4.69) is 9.53 Å². The van der Waals surface area contributed by atoms with Gasteiger partial charge in [0.2, 0.25) is 0 Å². The van der Waals surface area contributed by atoms with Crippen LogP contribution in [0.3, 0.4) is 0 Å². The molecule has 0 spiro atoms. The van der Waals surface area contributed by atoms with E-state index in [-0.39, 0.29) is 11.9 Å². The Hall–Kier alpha value is -1.80. The fraction of sp³-hybridized carbons (Fsp3) is 0.533. The molecule has 0 saturated carbocycles. The standard InChI is InChI=1S/C15H19FN4O2S/c1-10-5-13(22-17-10)9-20-7-11(16)6-12(20)8-19(2)15(21)14-3-4-23-18-14/h3-5,11-12H,6-9H2,1-2H3/t11-,12-/m0/s1. The second-order valence-corrected chi connectivity index (χ2v) is 6.59. The second-order valence-electron chi connectivity index (χ2n) is 5.92. The Balaban J connectivity index is 1.63. The van der Waals surface area contributed by atoms with Gasteiger partial charge >= 0.3 is 0 Å². The number of aromatic nitrogens is 2. The maximum absolute atomic E-state index is 13.9. The number of likely N-dealkylation sites (tertiary alicyclic amines) is 1. The van der Waals surface area contributed by atoms with Gasteiger partial charge in [-0.1, -0.05) is 5.16 Å². The van der Waals surface area contributed by atoms with E-state index < -0.39 is 6.17 Å². The molecule has 2 aromatic heterocycles. The van der Waals surface area contributed by atoms with Gasteiger partial charge in [-0.05, 0) is 30.9 Å². The normalized spacial score (nSPS) is 21.7. The van der Waals surface area contributed by atoms with Crippen LogP contribution in [0.5, 0.6) is 0 Å². The van der Waals surface area contributed by atoms with E-state index in [0.717, 1.165) is 11.5 Å². The zero-order valence-corrected chi connectivity index (χ0v) is 13.9. The third-order valence-corrected chi connectivity index (χ3v) is 4.56. The van der Waals surface area contributed by atoms with Crippen LogP contribution in [0, 0.1) is 6.92 Å². The van der Waals surface area contributed by atoms with Crippen LogP contribution >= 0.6 is 11.5 Å². The summed E-state index contributed by atoms with van der Waals surface area (Å²) in [4.78, 5) is 15.9. The predicted octanol–water partition coefficient (Wildman–Crippen LogP) is 2.12. The van der Waals surface area contributed by atoms with Crippen molar-refractivity contribution < 1.29 is 13.7 Å². The molecule has 1 aliphatic heterocycles. The summed E-state index contributed by atoms with van der Waals surface area (Å²) in [7, 11) is 1.73. The van der Waals surface area contributed by atoms with Crippen LogP contribution < -0.4 is 0 Å². The SMILES string of the molecule is Cc1cc(CN2C[C@@H](F)C[C@H]2CN(C)C(=O)c2ccsn2)on1. The van der Waals surface area contributed by atoms with Gasteiger partial charge in [0.1, 0.15) is 11.9 Å². The van der Waals surface area contributed by atoms with Crippen LogP contribution in [0.25, 0.3) is 0 Å². The molecule has 0 N–H and O–H groups in total. The lowest BCUT2D eigenvalue weighted by atomic mass is 10.2. The molecule has 1 amide bonds. The average molecular weight is 338 g/mol. The Bertz CT molecular complexity index is 660. The summed E-state index contributed by atoms with van der Waals surface area (Å²) in [5.74, 6) is 0.582. The first-order valence-corrected chi connectivity index (χ1v) is 8.32. The highest BCUT2D eigenvalue weighted by Gasteiger charge is 2.34. The van der Waals surface area contributed by atoms with Crippen molar-refractivity contribution in [3.63, 3.8) is 0 Å². The largest absolute Gasteiger partial charge is 0.360 e. The number of rotatable bonds is 5. The van der Waals surface area contributed by atoms with Crippen molar-refractivity contribution in [2.75, 3.05) is 20.1 Å². The fourth-order valence-corrected chi connectivity index (χ4v) is 3.42. The number of carbonyl (C=O) groups excluding carboxylic acids is 1. The third-order valence-electron chi connectivity index (χ3n) is 4.00. The van der Waals surface area contributed by atoms with Crippen molar-refractivity contribution in [2.24, 2.45) is 0 Å². The summed E-state index contributed by atoms with van der Waals surface area (Å²) >= 11 is 1.25. The monoisotopic (exact) mass is 338 g/mol. The van der Waals surface area contributed by atoms with Gasteiger partial charge in [0, 0.05) is 37.6 Å². The van der Waals surface area contributed by atoms with Gasteiger partial charge in [0.05, 0.1) is 12.2 Å². The maximum Gasteiger partial charge on any atom is 0.273 e. The van der Waals surface area contributed by atoms with Crippen molar-refractivity contribution in [3.05, 3.63) is 34.7 Å². The molecule has 1 saturated heterocycles. The quantitative estimate of drug-likeness (QED) is 0.836. The highest BCUT2D eigenvalue weighted by molar-refractivity contribution is 7.03. The van der Waals surface area contributed by atoms with E-state index in [1.807, 2.05) is 17.9 Å². The van der Waals surface area contributed by atoms with Gasteiger partial charge in [-0.2, -0.15) is 4.37 Å². The number of carbonyl (C=O) groups is 1. The molecule has 6 nitrogen and oxygen atoms in total. The van der Waals surface area contributed by atoms with Crippen molar-refractivity contribution in [1.29, 1.82) is 0 Å². The molecule has 2 atom stereocenters. The number of hydrogen-bond donors (Lipinski definition) is 0. The summed E-state index contributed by atoms with van der Waals surface area (Å²) in [6, 6.07) is 3.51. The van der Waals surface area contributed by atoms with Crippen LogP contribution in [-0.2, 0) is 6.54 Å². The van der Waals surface area contributed by atoms with Gasteiger partial charge in [-0.15, -0.1) is 0 Å². The summed E-state index contributed by atoms with van der Waals surface area (Å²) in [6.07, 6.45) is -0.464. The lowest BCUT2D eigenvalue weighted by Crippen LogP contribution is -2.41. The zero-order valence-electron chi connectivity index (χ0n) is 13.1. The first kappa shape index (κ1) is 16.1. The van der Waals surface area contributed by atoms with E-state index in [1.165, 1.54) is 11.5 Å². The molecular weight excluding hydrogens is 319 g/mol. The van der Waals surface area contributed by atoms with Gasteiger partial charge in [0.15, 0.2) is 5.76 Å². The van der Waals surface area contributed by atoms with Gasteiger partial charge in [0.25, 0.3) is 5.91 Å². The van der Waals surface area contributed by atoms with E-state index in [1.54, 1.807) is 23.4 Å². The molecule has 0 bridgehead atoms. The van der Waals surface area contributed by atoms with Gasteiger partial charge < -0.3 is 9.42 Å². The maximum atomic E-state index is 13.9. The minimum Gasteiger partial charge on any atom is -0.360 e. The number of amides is 1. The lowest BCUT2D eigenvalue weighted by Gasteiger charge is -2.27.